The van der Waals surface area contributed by atoms with Crippen LogP contribution in [0.15, 0.2) is 36.5 Å². The molecule has 2 aromatic rings. The molecule has 32 heavy (non-hydrogen) atoms. The third-order valence-electron chi connectivity index (χ3n) is 6.45. The van der Waals surface area contributed by atoms with Crippen LogP contribution in [0.1, 0.15) is 29.8 Å². The number of rotatable bonds is 7. The largest absolute Gasteiger partial charge is 0.383 e. The third kappa shape index (κ3) is 4.91. The number of methoxy groups -OCH3 is 1. The quantitative estimate of drug-likeness (QED) is 0.665. The molecule has 1 N–H and O–H groups in total. The molecule has 3 amide bonds. The van der Waals surface area contributed by atoms with Gasteiger partial charge < -0.3 is 19.9 Å². The van der Waals surface area contributed by atoms with Crippen LogP contribution in [0, 0.1) is 11.8 Å². The number of fused-ring (bicyclic) bond motifs is 1. The second kappa shape index (κ2) is 10.1. The van der Waals surface area contributed by atoms with E-state index in [-0.39, 0.29) is 30.1 Å². The fourth-order valence-corrected chi connectivity index (χ4v) is 4.62. The molecular weight excluding hydrogens is 408 g/mol. The number of carbonyl (C=O) groups is 3. The van der Waals surface area contributed by atoms with Crippen molar-refractivity contribution < 1.29 is 19.1 Å². The fraction of sp³-hybridized carbons (Fsp3) is 0.500. The molecule has 0 spiro atoms. The first-order valence-electron chi connectivity index (χ1n) is 11.2. The summed E-state index contributed by atoms with van der Waals surface area (Å²) in [6.45, 7) is 3.33. The number of benzene rings is 1. The van der Waals surface area contributed by atoms with Gasteiger partial charge in [0, 0.05) is 57.8 Å². The van der Waals surface area contributed by atoms with Crippen molar-refractivity contribution in [3.8, 4) is 0 Å². The van der Waals surface area contributed by atoms with Crippen LogP contribution < -0.4 is 5.32 Å². The Kier molecular flexibility index (Phi) is 6.99. The summed E-state index contributed by atoms with van der Waals surface area (Å²) >= 11 is 0. The predicted molar refractivity (Wildman–Crippen MR) is 120 cm³/mol. The predicted octanol–water partition coefficient (Wildman–Crippen LogP) is 1.70. The molecule has 1 aromatic heterocycles. The van der Waals surface area contributed by atoms with Gasteiger partial charge in [0.2, 0.25) is 11.8 Å². The molecule has 0 saturated carbocycles. The molecule has 8 heteroatoms. The van der Waals surface area contributed by atoms with Crippen molar-refractivity contribution in [1.82, 2.24) is 20.1 Å². The number of amides is 3. The molecule has 2 saturated heterocycles. The topological polar surface area (TPSA) is 91.8 Å². The molecule has 170 valence electrons. The highest BCUT2D eigenvalue weighted by Gasteiger charge is 2.36. The number of piperidine rings is 1. The van der Waals surface area contributed by atoms with Gasteiger partial charge in [-0.1, -0.05) is 24.3 Å². The van der Waals surface area contributed by atoms with Crippen LogP contribution in [0.4, 0.5) is 0 Å². The number of hydrogen-bond donors (Lipinski definition) is 1. The van der Waals surface area contributed by atoms with Gasteiger partial charge in [-0.05, 0) is 30.2 Å². The Morgan fingerprint density at radius 3 is 2.75 bits per heavy atom. The third-order valence-corrected chi connectivity index (χ3v) is 6.45. The highest BCUT2D eigenvalue weighted by Crippen LogP contribution is 2.25. The first-order chi connectivity index (χ1) is 15.6. The molecule has 0 aliphatic carbocycles. The maximum Gasteiger partial charge on any atom is 0.273 e. The van der Waals surface area contributed by atoms with Crippen molar-refractivity contribution in [2.45, 2.75) is 19.3 Å². The van der Waals surface area contributed by atoms with Gasteiger partial charge in [-0.25, -0.2) is 0 Å². The zero-order valence-electron chi connectivity index (χ0n) is 18.5. The van der Waals surface area contributed by atoms with Gasteiger partial charge in [0.25, 0.3) is 5.91 Å². The van der Waals surface area contributed by atoms with Crippen molar-refractivity contribution in [2.24, 2.45) is 11.8 Å². The number of aromatic nitrogens is 1. The molecular formula is C24H30N4O4. The van der Waals surface area contributed by atoms with Crippen LogP contribution in [-0.4, -0.2) is 78.9 Å². The molecule has 3 heterocycles. The Balaban J connectivity index is 1.29. The number of hydrogen-bond acceptors (Lipinski definition) is 5. The smallest absolute Gasteiger partial charge is 0.273 e. The van der Waals surface area contributed by atoms with Crippen LogP contribution in [0.5, 0.6) is 0 Å². The van der Waals surface area contributed by atoms with Crippen LogP contribution in [0.25, 0.3) is 10.8 Å². The minimum atomic E-state index is -0.293. The number of carbonyl (C=O) groups excluding carboxylic acids is 3. The van der Waals surface area contributed by atoms with Crippen LogP contribution in [0.2, 0.25) is 0 Å². The SMILES string of the molecule is COCCNC(=O)C1CC(=O)N(CC2CCN(C(=O)c3nccc4ccccc34)CC2)C1. The zero-order chi connectivity index (χ0) is 22.5. The van der Waals surface area contributed by atoms with E-state index in [9.17, 15) is 14.4 Å². The van der Waals surface area contributed by atoms with Crippen LogP contribution >= 0.6 is 0 Å². The summed E-state index contributed by atoms with van der Waals surface area (Å²) in [5.41, 5.74) is 0.499. The van der Waals surface area contributed by atoms with Gasteiger partial charge in [-0.15, -0.1) is 0 Å². The minimum absolute atomic E-state index is 0.0368. The zero-order valence-corrected chi connectivity index (χ0v) is 18.5. The maximum absolute atomic E-state index is 13.1. The molecule has 2 aliphatic heterocycles. The molecule has 2 aliphatic rings. The Morgan fingerprint density at radius 1 is 1.19 bits per heavy atom. The highest BCUT2D eigenvalue weighted by molar-refractivity contribution is 6.05. The molecule has 2 fully saturated rings. The first kappa shape index (κ1) is 22.2. The van der Waals surface area contributed by atoms with Crippen molar-refractivity contribution >= 4 is 28.5 Å². The maximum atomic E-state index is 13.1. The lowest BCUT2D eigenvalue weighted by Gasteiger charge is -2.34. The molecule has 1 aromatic carbocycles. The van der Waals surface area contributed by atoms with E-state index < -0.39 is 0 Å². The number of nitrogens with zero attached hydrogens (tertiary/aromatic N) is 3. The van der Waals surface area contributed by atoms with Crippen molar-refractivity contribution in [2.75, 3.05) is 46.4 Å². The Labute approximate surface area is 187 Å². The first-order valence-corrected chi connectivity index (χ1v) is 11.2. The summed E-state index contributed by atoms with van der Waals surface area (Å²) in [7, 11) is 1.59. The lowest BCUT2D eigenvalue weighted by atomic mass is 9.95. The van der Waals surface area contributed by atoms with E-state index in [0.717, 1.165) is 23.6 Å². The number of likely N-dealkylation sites (tertiary alicyclic amines) is 2. The lowest BCUT2D eigenvalue weighted by Crippen LogP contribution is -2.42. The van der Waals surface area contributed by atoms with Gasteiger partial charge >= 0.3 is 0 Å². The fourth-order valence-electron chi connectivity index (χ4n) is 4.62. The summed E-state index contributed by atoms with van der Waals surface area (Å²) in [6, 6.07) is 9.71. The summed E-state index contributed by atoms with van der Waals surface area (Å²) in [5.74, 6) is -0.0428. The van der Waals surface area contributed by atoms with E-state index >= 15 is 0 Å². The molecule has 1 atom stereocenters. The van der Waals surface area contributed by atoms with Gasteiger partial charge in [0.1, 0.15) is 5.69 Å². The van der Waals surface area contributed by atoms with Crippen molar-refractivity contribution in [3.05, 3.63) is 42.2 Å². The summed E-state index contributed by atoms with van der Waals surface area (Å²) < 4.78 is 4.95. The van der Waals surface area contributed by atoms with Crippen molar-refractivity contribution in [1.29, 1.82) is 0 Å². The Hall–Kier alpha value is -3.00. The van der Waals surface area contributed by atoms with E-state index in [1.54, 1.807) is 13.3 Å². The van der Waals surface area contributed by atoms with Crippen LogP contribution in [0.3, 0.4) is 0 Å². The molecule has 8 nitrogen and oxygen atoms in total. The minimum Gasteiger partial charge on any atom is -0.383 e. The average Bonchev–Trinajstić information content (AvgIpc) is 3.19. The number of nitrogens with one attached hydrogen (secondary N) is 1. The summed E-state index contributed by atoms with van der Waals surface area (Å²) in [5, 5.41) is 4.71. The standard InChI is InChI=1S/C24H30N4O4/c1-32-13-10-26-23(30)19-14-21(29)28(16-19)15-17-7-11-27(12-8-17)24(31)22-20-5-3-2-4-18(20)6-9-25-22/h2-6,9,17,19H,7-8,10-16H2,1H3,(H,26,30). The van der Waals surface area contributed by atoms with E-state index in [2.05, 4.69) is 10.3 Å². The van der Waals surface area contributed by atoms with E-state index in [1.807, 2.05) is 40.1 Å². The average molecular weight is 439 g/mol. The lowest BCUT2D eigenvalue weighted by molar-refractivity contribution is -0.129. The van der Waals surface area contributed by atoms with E-state index in [1.165, 1.54) is 0 Å². The number of pyridine rings is 1. The van der Waals surface area contributed by atoms with E-state index in [0.29, 0.717) is 50.9 Å². The van der Waals surface area contributed by atoms with Gasteiger partial charge in [0.05, 0.1) is 12.5 Å². The Morgan fingerprint density at radius 2 is 1.97 bits per heavy atom. The van der Waals surface area contributed by atoms with Gasteiger partial charge in [-0.2, -0.15) is 0 Å². The van der Waals surface area contributed by atoms with E-state index in [4.69, 9.17) is 4.74 Å². The van der Waals surface area contributed by atoms with Crippen molar-refractivity contribution in [3.63, 3.8) is 0 Å². The molecule has 0 bridgehead atoms. The second-order valence-electron chi connectivity index (χ2n) is 8.60. The number of ether oxygens (including phenoxy) is 1. The second-order valence-corrected chi connectivity index (χ2v) is 8.60. The summed E-state index contributed by atoms with van der Waals surface area (Å²) in [4.78, 5) is 45.8. The molecule has 4 rings (SSSR count). The van der Waals surface area contributed by atoms with Crippen LogP contribution in [-0.2, 0) is 14.3 Å². The van der Waals surface area contributed by atoms with Gasteiger partial charge in [-0.3, -0.25) is 19.4 Å². The summed E-state index contributed by atoms with van der Waals surface area (Å²) in [6.07, 6.45) is 3.63. The normalized spacial score (nSPS) is 19.5. The highest BCUT2D eigenvalue weighted by atomic mass is 16.5. The van der Waals surface area contributed by atoms with Gasteiger partial charge in [0.15, 0.2) is 0 Å². The Bertz CT molecular complexity index is 982. The monoisotopic (exact) mass is 438 g/mol. The molecule has 1 unspecified atom stereocenters. The molecule has 0 radical (unpaired) electrons.